The highest BCUT2D eigenvalue weighted by Crippen LogP contribution is 2.28. The fraction of sp³-hybridized carbons (Fsp3) is 0.250. The first-order valence-electron chi connectivity index (χ1n) is 6.75. The minimum atomic E-state index is -0.165. The number of nitrogens with zero attached hydrogens (tertiary/aromatic N) is 1. The van der Waals surface area contributed by atoms with Crippen LogP contribution in [0.25, 0.3) is 0 Å². The first-order valence-corrected chi connectivity index (χ1v) is 7.13. The Bertz CT molecular complexity index is 598. The zero-order valence-electron chi connectivity index (χ0n) is 11.1. The van der Waals surface area contributed by atoms with Crippen molar-refractivity contribution in [3.63, 3.8) is 0 Å². The van der Waals surface area contributed by atoms with Gasteiger partial charge in [-0.05, 0) is 48.4 Å². The largest absolute Gasteiger partial charge is 0.383 e. The molecule has 0 saturated heterocycles. The Morgan fingerprint density at radius 2 is 1.95 bits per heavy atom. The number of anilines is 2. The average molecular weight is 291 g/mol. The Balaban J connectivity index is 1.58. The van der Waals surface area contributed by atoms with Crippen LogP contribution in [0.3, 0.4) is 0 Å². The molecule has 4 heteroatoms. The summed E-state index contributed by atoms with van der Waals surface area (Å²) in [4.78, 5) is 2.22. The predicted molar refractivity (Wildman–Crippen MR) is 82.3 cm³/mol. The van der Waals surface area contributed by atoms with Gasteiger partial charge in [0.15, 0.2) is 0 Å². The van der Waals surface area contributed by atoms with Gasteiger partial charge < -0.3 is 10.2 Å². The van der Waals surface area contributed by atoms with E-state index in [0.717, 1.165) is 42.5 Å². The van der Waals surface area contributed by atoms with Crippen LogP contribution in [-0.2, 0) is 6.42 Å². The molecule has 1 aliphatic heterocycles. The van der Waals surface area contributed by atoms with E-state index in [0.29, 0.717) is 0 Å². The maximum absolute atomic E-state index is 13.3. The molecule has 1 aliphatic rings. The van der Waals surface area contributed by atoms with Gasteiger partial charge in [-0.15, -0.1) is 0 Å². The van der Waals surface area contributed by atoms with Gasteiger partial charge >= 0.3 is 0 Å². The topological polar surface area (TPSA) is 15.3 Å². The van der Waals surface area contributed by atoms with Crippen molar-refractivity contribution < 1.29 is 4.39 Å². The lowest BCUT2D eigenvalue weighted by Crippen LogP contribution is -2.27. The molecule has 20 heavy (non-hydrogen) atoms. The van der Waals surface area contributed by atoms with Gasteiger partial charge in [0.2, 0.25) is 0 Å². The summed E-state index contributed by atoms with van der Waals surface area (Å²) in [6.07, 6.45) is 0.997. The van der Waals surface area contributed by atoms with Crippen molar-refractivity contribution >= 4 is 23.0 Å². The van der Waals surface area contributed by atoms with Gasteiger partial charge in [-0.25, -0.2) is 4.39 Å². The Labute approximate surface area is 123 Å². The number of benzene rings is 2. The summed E-state index contributed by atoms with van der Waals surface area (Å²) in [5.41, 5.74) is 3.31. The third kappa shape index (κ3) is 2.88. The molecule has 104 valence electrons. The molecule has 0 aromatic heterocycles. The Morgan fingerprint density at radius 3 is 2.75 bits per heavy atom. The third-order valence-electron chi connectivity index (χ3n) is 3.59. The lowest BCUT2D eigenvalue weighted by atomic mass is 10.2. The Morgan fingerprint density at radius 1 is 1.15 bits per heavy atom. The minimum Gasteiger partial charge on any atom is -0.383 e. The highest BCUT2D eigenvalue weighted by molar-refractivity contribution is 6.30. The van der Waals surface area contributed by atoms with E-state index in [4.69, 9.17) is 11.6 Å². The SMILES string of the molecule is Fc1ccc2c(c1)N(CCNc1ccc(Cl)cc1)CC2. The molecule has 0 atom stereocenters. The standard InChI is InChI=1S/C16H16ClFN2/c17-13-2-5-15(6-3-13)19-8-10-20-9-7-12-1-4-14(18)11-16(12)20/h1-6,11,19H,7-10H2. The van der Waals surface area contributed by atoms with Gasteiger partial charge in [0, 0.05) is 36.0 Å². The van der Waals surface area contributed by atoms with Crippen molar-refractivity contribution in [1.82, 2.24) is 0 Å². The summed E-state index contributed by atoms with van der Waals surface area (Å²) in [5.74, 6) is -0.165. The summed E-state index contributed by atoms with van der Waals surface area (Å²) >= 11 is 5.85. The normalized spacial score (nSPS) is 13.4. The maximum Gasteiger partial charge on any atom is 0.125 e. The fourth-order valence-corrected chi connectivity index (χ4v) is 2.68. The lowest BCUT2D eigenvalue weighted by Gasteiger charge is -2.20. The van der Waals surface area contributed by atoms with Gasteiger partial charge in [-0.2, -0.15) is 0 Å². The second-order valence-corrected chi connectivity index (χ2v) is 5.38. The molecule has 0 unspecified atom stereocenters. The quantitative estimate of drug-likeness (QED) is 0.917. The molecule has 2 aromatic carbocycles. The third-order valence-corrected chi connectivity index (χ3v) is 3.85. The molecule has 0 spiro atoms. The molecule has 0 radical (unpaired) electrons. The molecular formula is C16H16ClFN2. The second-order valence-electron chi connectivity index (χ2n) is 4.94. The Hall–Kier alpha value is -1.74. The van der Waals surface area contributed by atoms with Gasteiger partial charge in [0.05, 0.1) is 0 Å². The summed E-state index contributed by atoms with van der Waals surface area (Å²) in [6.45, 7) is 2.64. The summed E-state index contributed by atoms with van der Waals surface area (Å²) in [6, 6.07) is 12.7. The van der Waals surface area contributed by atoms with E-state index in [1.54, 1.807) is 6.07 Å². The van der Waals surface area contributed by atoms with E-state index in [-0.39, 0.29) is 5.82 Å². The summed E-state index contributed by atoms with van der Waals surface area (Å²) < 4.78 is 13.3. The van der Waals surface area contributed by atoms with Crippen molar-refractivity contribution in [2.75, 3.05) is 29.9 Å². The van der Waals surface area contributed by atoms with Crippen LogP contribution < -0.4 is 10.2 Å². The number of halogens is 2. The molecule has 0 fully saturated rings. The molecule has 0 saturated carbocycles. The van der Waals surface area contributed by atoms with Crippen LogP contribution >= 0.6 is 11.6 Å². The van der Waals surface area contributed by atoms with Crippen LogP contribution in [0.2, 0.25) is 5.02 Å². The summed E-state index contributed by atoms with van der Waals surface area (Å²) in [5, 5.41) is 4.09. The molecule has 1 heterocycles. The van der Waals surface area contributed by atoms with E-state index >= 15 is 0 Å². The van der Waals surface area contributed by atoms with Crippen molar-refractivity contribution in [3.8, 4) is 0 Å². The molecule has 2 nitrogen and oxygen atoms in total. The average Bonchev–Trinajstić information content (AvgIpc) is 2.84. The minimum absolute atomic E-state index is 0.165. The smallest absolute Gasteiger partial charge is 0.125 e. The maximum atomic E-state index is 13.3. The predicted octanol–water partition coefficient (Wildman–Crippen LogP) is 3.95. The van der Waals surface area contributed by atoms with Crippen molar-refractivity contribution in [1.29, 1.82) is 0 Å². The first kappa shape index (κ1) is 13.3. The van der Waals surface area contributed by atoms with Crippen LogP contribution in [0.15, 0.2) is 42.5 Å². The van der Waals surface area contributed by atoms with Crippen LogP contribution in [0, 0.1) is 5.82 Å². The molecule has 0 amide bonds. The van der Waals surface area contributed by atoms with Crippen LogP contribution in [0.1, 0.15) is 5.56 Å². The second kappa shape index (κ2) is 5.71. The van der Waals surface area contributed by atoms with E-state index in [2.05, 4.69) is 10.2 Å². The molecule has 1 N–H and O–H groups in total. The first-order chi connectivity index (χ1) is 9.72. The van der Waals surface area contributed by atoms with Gasteiger partial charge in [-0.1, -0.05) is 17.7 Å². The van der Waals surface area contributed by atoms with Crippen molar-refractivity contribution in [2.24, 2.45) is 0 Å². The van der Waals surface area contributed by atoms with Crippen LogP contribution in [-0.4, -0.2) is 19.6 Å². The van der Waals surface area contributed by atoms with Crippen molar-refractivity contribution in [2.45, 2.75) is 6.42 Å². The van der Waals surface area contributed by atoms with Gasteiger partial charge in [0.1, 0.15) is 5.82 Å². The summed E-state index contributed by atoms with van der Waals surface area (Å²) in [7, 11) is 0. The van der Waals surface area contributed by atoms with E-state index in [9.17, 15) is 4.39 Å². The highest BCUT2D eigenvalue weighted by Gasteiger charge is 2.18. The highest BCUT2D eigenvalue weighted by atomic mass is 35.5. The van der Waals surface area contributed by atoms with E-state index in [1.165, 1.54) is 11.6 Å². The van der Waals surface area contributed by atoms with Crippen molar-refractivity contribution in [3.05, 3.63) is 58.9 Å². The van der Waals surface area contributed by atoms with Gasteiger partial charge in [-0.3, -0.25) is 0 Å². The number of rotatable bonds is 4. The molecule has 3 rings (SSSR count). The monoisotopic (exact) mass is 290 g/mol. The van der Waals surface area contributed by atoms with E-state index < -0.39 is 0 Å². The number of fused-ring (bicyclic) bond motifs is 1. The zero-order chi connectivity index (χ0) is 13.9. The number of hydrogen-bond acceptors (Lipinski definition) is 2. The lowest BCUT2D eigenvalue weighted by molar-refractivity contribution is 0.627. The molecule has 0 bridgehead atoms. The molecular weight excluding hydrogens is 275 g/mol. The van der Waals surface area contributed by atoms with Crippen LogP contribution in [0.5, 0.6) is 0 Å². The van der Waals surface area contributed by atoms with Gasteiger partial charge in [0.25, 0.3) is 0 Å². The molecule has 2 aromatic rings. The Kier molecular flexibility index (Phi) is 3.79. The zero-order valence-corrected chi connectivity index (χ0v) is 11.8. The number of nitrogens with one attached hydrogen (secondary N) is 1. The molecule has 0 aliphatic carbocycles. The van der Waals surface area contributed by atoms with E-state index in [1.807, 2.05) is 30.3 Å². The van der Waals surface area contributed by atoms with Crippen LogP contribution in [0.4, 0.5) is 15.8 Å². The fourth-order valence-electron chi connectivity index (χ4n) is 2.55. The number of hydrogen-bond donors (Lipinski definition) is 1.